The van der Waals surface area contributed by atoms with Gasteiger partial charge in [-0.3, -0.25) is 9.69 Å². The number of nitrogens with zero attached hydrogens (tertiary/aromatic N) is 2. The lowest BCUT2D eigenvalue weighted by Crippen LogP contribution is -2.48. The standard InChI is InChI=1S/C20H33N3O/c1-22(20(24)13-7-2-3-8-14-21)19-12-9-15-23(17-19)16-18-10-5-4-6-11-18/h4-6,10-11,19H,2-3,7-9,12-17,21H2,1H3. The molecule has 0 radical (unpaired) electrons. The first-order chi connectivity index (χ1) is 11.7. The van der Waals surface area contributed by atoms with Crippen molar-refractivity contribution in [2.24, 2.45) is 5.73 Å². The van der Waals surface area contributed by atoms with Gasteiger partial charge in [0.2, 0.25) is 5.91 Å². The van der Waals surface area contributed by atoms with Crippen molar-refractivity contribution in [3.05, 3.63) is 35.9 Å². The van der Waals surface area contributed by atoms with Gasteiger partial charge in [-0.1, -0.05) is 43.2 Å². The molecule has 0 saturated carbocycles. The molecule has 24 heavy (non-hydrogen) atoms. The summed E-state index contributed by atoms with van der Waals surface area (Å²) in [6, 6.07) is 11.0. The second-order valence-electron chi connectivity index (χ2n) is 6.97. The topological polar surface area (TPSA) is 49.6 Å². The van der Waals surface area contributed by atoms with Gasteiger partial charge in [-0.2, -0.15) is 0 Å². The number of piperidine rings is 1. The van der Waals surface area contributed by atoms with E-state index in [4.69, 9.17) is 5.73 Å². The number of rotatable bonds is 9. The minimum atomic E-state index is 0.300. The van der Waals surface area contributed by atoms with Crippen molar-refractivity contribution in [2.75, 3.05) is 26.7 Å². The number of amides is 1. The summed E-state index contributed by atoms with van der Waals surface area (Å²) in [6.45, 7) is 3.86. The molecule has 1 aliphatic rings. The fraction of sp³-hybridized carbons (Fsp3) is 0.650. The smallest absolute Gasteiger partial charge is 0.222 e. The third kappa shape index (κ3) is 6.25. The number of hydrogen-bond donors (Lipinski definition) is 1. The van der Waals surface area contributed by atoms with Gasteiger partial charge < -0.3 is 10.6 Å². The Bertz CT molecular complexity index is 477. The fourth-order valence-electron chi connectivity index (χ4n) is 3.49. The van der Waals surface area contributed by atoms with E-state index in [9.17, 15) is 4.79 Å². The van der Waals surface area contributed by atoms with Gasteiger partial charge in [0.1, 0.15) is 0 Å². The first-order valence-corrected chi connectivity index (χ1v) is 9.42. The molecular weight excluding hydrogens is 298 g/mol. The van der Waals surface area contributed by atoms with Crippen molar-refractivity contribution < 1.29 is 4.79 Å². The summed E-state index contributed by atoms with van der Waals surface area (Å²) in [6.07, 6.45) is 7.29. The molecule has 0 aromatic heterocycles. The van der Waals surface area contributed by atoms with Gasteiger partial charge in [-0.25, -0.2) is 0 Å². The minimum absolute atomic E-state index is 0.300. The zero-order chi connectivity index (χ0) is 17.2. The molecule has 0 aliphatic carbocycles. The maximum atomic E-state index is 12.4. The summed E-state index contributed by atoms with van der Waals surface area (Å²) in [5, 5.41) is 0. The van der Waals surface area contributed by atoms with Crippen LogP contribution in [0.4, 0.5) is 0 Å². The van der Waals surface area contributed by atoms with E-state index in [2.05, 4.69) is 35.2 Å². The summed E-state index contributed by atoms with van der Waals surface area (Å²) < 4.78 is 0. The Hall–Kier alpha value is -1.39. The Kier molecular flexibility index (Phi) is 8.26. The second-order valence-corrected chi connectivity index (χ2v) is 6.97. The first-order valence-electron chi connectivity index (χ1n) is 9.42. The summed E-state index contributed by atoms with van der Waals surface area (Å²) in [5.41, 5.74) is 6.86. The predicted octanol–water partition coefficient (Wildman–Crippen LogP) is 3.02. The molecule has 1 amide bonds. The van der Waals surface area contributed by atoms with Crippen molar-refractivity contribution in [1.29, 1.82) is 0 Å². The molecule has 2 N–H and O–H groups in total. The van der Waals surface area contributed by atoms with E-state index in [1.807, 2.05) is 11.9 Å². The van der Waals surface area contributed by atoms with Crippen LogP contribution in [0.15, 0.2) is 30.3 Å². The van der Waals surface area contributed by atoms with E-state index >= 15 is 0 Å². The monoisotopic (exact) mass is 331 g/mol. The highest BCUT2D eigenvalue weighted by Gasteiger charge is 2.25. The molecule has 1 unspecified atom stereocenters. The van der Waals surface area contributed by atoms with Crippen LogP contribution >= 0.6 is 0 Å². The van der Waals surface area contributed by atoms with E-state index in [0.717, 1.165) is 58.3 Å². The molecule has 1 atom stereocenters. The number of hydrogen-bond acceptors (Lipinski definition) is 3. The normalized spacial score (nSPS) is 18.5. The Morgan fingerprint density at radius 2 is 1.96 bits per heavy atom. The Labute approximate surface area is 147 Å². The van der Waals surface area contributed by atoms with E-state index in [1.54, 1.807) is 0 Å². The molecule has 1 saturated heterocycles. The molecule has 4 nitrogen and oxygen atoms in total. The van der Waals surface area contributed by atoms with E-state index in [1.165, 1.54) is 12.0 Å². The number of carbonyl (C=O) groups is 1. The lowest BCUT2D eigenvalue weighted by atomic mass is 10.0. The summed E-state index contributed by atoms with van der Waals surface area (Å²) in [5.74, 6) is 0.300. The van der Waals surface area contributed by atoms with E-state index < -0.39 is 0 Å². The lowest BCUT2D eigenvalue weighted by Gasteiger charge is -2.37. The first kappa shape index (κ1) is 18.9. The molecule has 1 aromatic rings. The highest BCUT2D eigenvalue weighted by atomic mass is 16.2. The van der Waals surface area contributed by atoms with Gasteiger partial charge in [-0.15, -0.1) is 0 Å². The van der Waals surface area contributed by atoms with Gasteiger partial charge >= 0.3 is 0 Å². The molecule has 4 heteroatoms. The Morgan fingerprint density at radius 3 is 2.71 bits per heavy atom. The zero-order valence-electron chi connectivity index (χ0n) is 15.1. The fourth-order valence-corrected chi connectivity index (χ4v) is 3.49. The maximum Gasteiger partial charge on any atom is 0.222 e. The van der Waals surface area contributed by atoms with Crippen molar-refractivity contribution in [3.63, 3.8) is 0 Å². The maximum absolute atomic E-state index is 12.4. The van der Waals surface area contributed by atoms with Crippen LogP contribution in [0.1, 0.15) is 50.5 Å². The summed E-state index contributed by atoms with van der Waals surface area (Å²) in [4.78, 5) is 16.9. The van der Waals surface area contributed by atoms with Crippen molar-refractivity contribution in [1.82, 2.24) is 9.80 Å². The average Bonchev–Trinajstić information content (AvgIpc) is 2.62. The molecule has 2 rings (SSSR count). The van der Waals surface area contributed by atoms with Crippen LogP contribution < -0.4 is 5.73 Å². The number of likely N-dealkylation sites (tertiary alicyclic amines) is 1. The quantitative estimate of drug-likeness (QED) is 0.708. The lowest BCUT2D eigenvalue weighted by molar-refractivity contribution is -0.133. The molecule has 1 fully saturated rings. The highest BCUT2D eigenvalue weighted by Crippen LogP contribution is 2.18. The zero-order valence-corrected chi connectivity index (χ0v) is 15.1. The predicted molar refractivity (Wildman–Crippen MR) is 99.7 cm³/mol. The molecule has 0 spiro atoms. The van der Waals surface area contributed by atoms with E-state index in [-0.39, 0.29) is 0 Å². The average molecular weight is 332 g/mol. The number of nitrogens with two attached hydrogens (primary N) is 1. The van der Waals surface area contributed by atoms with Crippen molar-refractivity contribution in [3.8, 4) is 0 Å². The van der Waals surface area contributed by atoms with Crippen molar-refractivity contribution in [2.45, 2.75) is 57.5 Å². The number of unbranched alkanes of at least 4 members (excludes halogenated alkanes) is 3. The van der Waals surface area contributed by atoms with Crippen LogP contribution in [0.3, 0.4) is 0 Å². The number of carbonyl (C=O) groups excluding carboxylic acids is 1. The van der Waals surface area contributed by atoms with Gasteiger partial charge in [0.15, 0.2) is 0 Å². The van der Waals surface area contributed by atoms with Crippen LogP contribution in [0.25, 0.3) is 0 Å². The molecule has 134 valence electrons. The van der Waals surface area contributed by atoms with Gasteiger partial charge in [0, 0.05) is 32.6 Å². The van der Waals surface area contributed by atoms with Crippen LogP contribution in [-0.4, -0.2) is 48.4 Å². The Balaban J connectivity index is 1.75. The largest absolute Gasteiger partial charge is 0.341 e. The van der Waals surface area contributed by atoms with Gasteiger partial charge in [0.05, 0.1) is 0 Å². The Morgan fingerprint density at radius 1 is 1.21 bits per heavy atom. The third-order valence-corrected chi connectivity index (χ3v) is 5.02. The van der Waals surface area contributed by atoms with Crippen LogP contribution in [0.5, 0.6) is 0 Å². The molecule has 1 heterocycles. The molecule has 0 bridgehead atoms. The van der Waals surface area contributed by atoms with E-state index in [0.29, 0.717) is 18.4 Å². The number of likely N-dealkylation sites (N-methyl/N-ethyl adjacent to an activating group) is 1. The number of benzene rings is 1. The SMILES string of the molecule is CN(C(=O)CCCCCCN)C1CCCN(Cc2ccccc2)C1. The second kappa shape index (κ2) is 10.5. The minimum Gasteiger partial charge on any atom is -0.341 e. The molecule has 1 aromatic carbocycles. The highest BCUT2D eigenvalue weighted by molar-refractivity contribution is 5.76. The third-order valence-electron chi connectivity index (χ3n) is 5.02. The van der Waals surface area contributed by atoms with Gasteiger partial charge in [0.25, 0.3) is 0 Å². The molecular formula is C20H33N3O. The van der Waals surface area contributed by atoms with Crippen molar-refractivity contribution >= 4 is 5.91 Å². The molecule has 1 aliphatic heterocycles. The summed E-state index contributed by atoms with van der Waals surface area (Å²) in [7, 11) is 1.99. The van der Waals surface area contributed by atoms with Crippen LogP contribution in [0, 0.1) is 0 Å². The van der Waals surface area contributed by atoms with Crippen LogP contribution in [-0.2, 0) is 11.3 Å². The summed E-state index contributed by atoms with van der Waals surface area (Å²) >= 11 is 0. The van der Waals surface area contributed by atoms with Crippen LogP contribution in [0.2, 0.25) is 0 Å². The van der Waals surface area contributed by atoms with Gasteiger partial charge in [-0.05, 0) is 44.3 Å².